The summed E-state index contributed by atoms with van der Waals surface area (Å²) in [7, 11) is 0. The molecule has 1 aromatic rings. The summed E-state index contributed by atoms with van der Waals surface area (Å²) in [5.74, 6) is -3.72. The molecule has 1 unspecified atom stereocenters. The van der Waals surface area contributed by atoms with Crippen LogP contribution in [0.15, 0.2) is 18.2 Å². The lowest BCUT2D eigenvalue weighted by molar-refractivity contribution is -0.148. The van der Waals surface area contributed by atoms with Crippen LogP contribution in [-0.4, -0.2) is 41.4 Å². The largest absolute Gasteiger partial charge is 0.479 e. The Morgan fingerprint density at radius 2 is 2.14 bits per heavy atom. The molecular weight excluding hydrogens is 315 g/mol. The molecule has 1 fully saturated rings. The second-order valence-electron chi connectivity index (χ2n) is 5.12. The predicted molar refractivity (Wildman–Crippen MR) is 76.1 cm³/mol. The molecule has 0 bridgehead atoms. The fourth-order valence-electron chi connectivity index (χ4n) is 2.24. The summed E-state index contributed by atoms with van der Waals surface area (Å²) in [6, 6.07) is 3.79. The lowest BCUT2D eigenvalue weighted by atomic mass is 9.98. The summed E-state index contributed by atoms with van der Waals surface area (Å²) in [4.78, 5) is 35.1. The van der Waals surface area contributed by atoms with Gasteiger partial charge in [0.05, 0.1) is 5.02 Å². The van der Waals surface area contributed by atoms with Crippen LogP contribution >= 0.6 is 11.6 Å². The maximum absolute atomic E-state index is 13.3. The predicted octanol–water partition coefficient (Wildman–Crippen LogP) is 0.524. The normalized spacial score (nSPS) is 20.6. The van der Waals surface area contributed by atoms with Gasteiger partial charge in [-0.2, -0.15) is 0 Å². The number of hydrogen-bond acceptors (Lipinski definition) is 4. The highest BCUT2D eigenvalue weighted by Crippen LogP contribution is 2.17. The SMILES string of the molecule is O=C(Cc1ccc(Cl)c(F)c1)C(=O)NC1(C(=O)O)CCNC1. The number of carbonyl (C=O) groups is 3. The van der Waals surface area contributed by atoms with Crippen LogP contribution in [0.4, 0.5) is 4.39 Å². The number of ketones is 1. The molecule has 1 aliphatic heterocycles. The smallest absolute Gasteiger partial charge is 0.330 e. The van der Waals surface area contributed by atoms with Gasteiger partial charge in [-0.1, -0.05) is 17.7 Å². The first kappa shape index (κ1) is 16.4. The van der Waals surface area contributed by atoms with Gasteiger partial charge in [0.25, 0.3) is 5.91 Å². The number of Topliss-reactive ketones (excluding diaryl/α,β-unsaturated/α-hetero) is 1. The third-order valence-corrected chi connectivity index (χ3v) is 3.83. The molecule has 118 valence electrons. The van der Waals surface area contributed by atoms with Gasteiger partial charge >= 0.3 is 5.97 Å². The molecule has 1 heterocycles. The van der Waals surface area contributed by atoms with Crippen molar-refractivity contribution >= 4 is 29.3 Å². The van der Waals surface area contributed by atoms with Crippen LogP contribution in [0.3, 0.4) is 0 Å². The van der Waals surface area contributed by atoms with E-state index in [1.807, 2.05) is 0 Å². The van der Waals surface area contributed by atoms with Crippen molar-refractivity contribution in [3.05, 3.63) is 34.6 Å². The van der Waals surface area contributed by atoms with Crippen LogP contribution in [0.1, 0.15) is 12.0 Å². The Labute approximate surface area is 130 Å². The van der Waals surface area contributed by atoms with Gasteiger partial charge in [-0.05, 0) is 30.7 Å². The number of halogens is 2. The maximum atomic E-state index is 13.3. The molecule has 0 saturated carbocycles. The van der Waals surface area contributed by atoms with E-state index in [1.165, 1.54) is 12.1 Å². The van der Waals surface area contributed by atoms with Crippen LogP contribution in [0.5, 0.6) is 0 Å². The molecule has 0 aliphatic carbocycles. The van der Waals surface area contributed by atoms with E-state index >= 15 is 0 Å². The quantitative estimate of drug-likeness (QED) is 0.685. The number of aliphatic carboxylic acids is 1. The third kappa shape index (κ3) is 3.42. The van der Waals surface area contributed by atoms with Gasteiger partial charge in [-0.15, -0.1) is 0 Å². The van der Waals surface area contributed by atoms with Crippen molar-refractivity contribution < 1.29 is 23.9 Å². The summed E-state index contributed by atoms with van der Waals surface area (Å²) in [6.45, 7) is 0.486. The fraction of sp³-hybridized carbons (Fsp3) is 0.357. The van der Waals surface area contributed by atoms with Gasteiger partial charge in [0, 0.05) is 13.0 Å². The molecule has 1 amide bonds. The van der Waals surface area contributed by atoms with Crippen molar-refractivity contribution in [3.8, 4) is 0 Å². The van der Waals surface area contributed by atoms with E-state index in [4.69, 9.17) is 11.6 Å². The van der Waals surface area contributed by atoms with Gasteiger partial charge in [0.2, 0.25) is 5.78 Å². The lowest BCUT2D eigenvalue weighted by Crippen LogP contribution is -2.57. The molecular formula is C14H14ClFN2O4. The van der Waals surface area contributed by atoms with Crippen molar-refractivity contribution in [3.63, 3.8) is 0 Å². The average molecular weight is 329 g/mol. The van der Waals surface area contributed by atoms with Crippen LogP contribution in [0, 0.1) is 5.82 Å². The van der Waals surface area contributed by atoms with Crippen molar-refractivity contribution in [1.29, 1.82) is 0 Å². The molecule has 1 aliphatic rings. The summed E-state index contributed by atoms with van der Waals surface area (Å²) >= 11 is 5.53. The molecule has 2 rings (SSSR count). The van der Waals surface area contributed by atoms with Crippen LogP contribution in [0.2, 0.25) is 5.02 Å². The van der Waals surface area contributed by atoms with Crippen molar-refractivity contribution in [2.24, 2.45) is 0 Å². The zero-order chi connectivity index (χ0) is 16.3. The molecule has 22 heavy (non-hydrogen) atoms. The van der Waals surface area contributed by atoms with Crippen molar-refractivity contribution in [2.45, 2.75) is 18.4 Å². The van der Waals surface area contributed by atoms with Gasteiger partial charge in [0.1, 0.15) is 5.82 Å². The van der Waals surface area contributed by atoms with E-state index in [1.54, 1.807) is 0 Å². The summed E-state index contributed by atoms with van der Waals surface area (Å²) < 4.78 is 13.3. The van der Waals surface area contributed by atoms with E-state index in [0.717, 1.165) is 6.07 Å². The van der Waals surface area contributed by atoms with E-state index in [-0.39, 0.29) is 30.0 Å². The highest BCUT2D eigenvalue weighted by atomic mass is 35.5. The zero-order valence-electron chi connectivity index (χ0n) is 11.5. The number of amides is 1. The molecule has 0 spiro atoms. The first-order chi connectivity index (χ1) is 10.3. The number of carboxylic acids is 1. The van der Waals surface area contributed by atoms with Crippen LogP contribution < -0.4 is 10.6 Å². The number of nitrogens with one attached hydrogen (secondary N) is 2. The first-order valence-electron chi connectivity index (χ1n) is 6.57. The maximum Gasteiger partial charge on any atom is 0.330 e. The Morgan fingerprint density at radius 1 is 1.41 bits per heavy atom. The second-order valence-corrected chi connectivity index (χ2v) is 5.52. The summed E-state index contributed by atoms with van der Waals surface area (Å²) in [5, 5.41) is 14.2. The van der Waals surface area contributed by atoms with Gasteiger partial charge in [-0.25, -0.2) is 9.18 Å². The number of hydrogen-bond donors (Lipinski definition) is 3. The highest BCUT2D eigenvalue weighted by molar-refractivity contribution is 6.37. The minimum Gasteiger partial charge on any atom is -0.479 e. The Balaban J connectivity index is 2.04. The lowest BCUT2D eigenvalue weighted by Gasteiger charge is -2.24. The van der Waals surface area contributed by atoms with Gasteiger partial charge in [0.15, 0.2) is 5.54 Å². The van der Waals surface area contributed by atoms with E-state index in [0.29, 0.717) is 6.54 Å². The molecule has 1 saturated heterocycles. The fourth-order valence-corrected chi connectivity index (χ4v) is 2.35. The molecule has 0 radical (unpaired) electrons. The second kappa shape index (κ2) is 6.41. The average Bonchev–Trinajstić information content (AvgIpc) is 2.92. The molecule has 6 nitrogen and oxygen atoms in total. The van der Waals surface area contributed by atoms with Crippen molar-refractivity contribution in [2.75, 3.05) is 13.1 Å². The number of carboxylic acid groups (broad SMARTS) is 1. The van der Waals surface area contributed by atoms with Crippen LogP contribution in [0.25, 0.3) is 0 Å². The number of carbonyl (C=O) groups excluding carboxylic acids is 2. The Kier molecular flexibility index (Phi) is 4.77. The Bertz CT molecular complexity index is 629. The summed E-state index contributed by atoms with van der Waals surface area (Å²) in [5.41, 5.74) is -1.19. The Hall–Kier alpha value is -1.99. The van der Waals surface area contributed by atoms with E-state index < -0.39 is 29.0 Å². The molecule has 0 aromatic heterocycles. The molecule has 8 heteroatoms. The number of benzene rings is 1. The molecule has 1 aromatic carbocycles. The minimum absolute atomic E-state index is 0.0525. The first-order valence-corrected chi connectivity index (χ1v) is 6.95. The third-order valence-electron chi connectivity index (χ3n) is 3.52. The van der Waals surface area contributed by atoms with Crippen LogP contribution in [-0.2, 0) is 20.8 Å². The van der Waals surface area contributed by atoms with Gasteiger partial charge < -0.3 is 15.7 Å². The van der Waals surface area contributed by atoms with Crippen molar-refractivity contribution in [1.82, 2.24) is 10.6 Å². The minimum atomic E-state index is -1.47. The molecule has 3 N–H and O–H groups in total. The van der Waals surface area contributed by atoms with E-state index in [9.17, 15) is 23.9 Å². The summed E-state index contributed by atoms with van der Waals surface area (Å²) in [6.07, 6.45) is -0.139. The van der Waals surface area contributed by atoms with E-state index in [2.05, 4.69) is 10.6 Å². The standard InChI is InChI=1S/C14H14ClFN2O4/c15-9-2-1-8(5-10(9)16)6-11(19)12(20)18-14(13(21)22)3-4-17-7-14/h1-2,5,17H,3-4,6-7H2,(H,18,20)(H,21,22). The molecule has 1 atom stereocenters. The van der Waals surface area contributed by atoms with Gasteiger partial charge in [-0.3, -0.25) is 9.59 Å². The highest BCUT2D eigenvalue weighted by Gasteiger charge is 2.43. The number of rotatable bonds is 5. The monoisotopic (exact) mass is 328 g/mol. The zero-order valence-corrected chi connectivity index (χ0v) is 12.2. The Morgan fingerprint density at radius 3 is 2.68 bits per heavy atom. The topological polar surface area (TPSA) is 95.5 Å².